The maximum Gasteiger partial charge on any atom is 0.279 e. The van der Waals surface area contributed by atoms with Crippen LogP contribution in [0.5, 0.6) is 0 Å². The van der Waals surface area contributed by atoms with Gasteiger partial charge in [0.15, 0.2) is 0 Å². The fourth-order valence-electron chi connectivity index (χ4n) is 2.60. The standard InChI is InChI=1S/C14H32N4O2S/c1-5-15-11-14-7-6-9-18(12-14)21(19,20)16-13(2)8-10-17(3)4/h13-16H,5-12H2,1-4H3. The van der Waals surface area contributed by atoms with E-state index in [-0.39, 0.29) is 6.04 Å². The van der Waals surface area contributed by atoms with Gasteiger partial charge in [0.2, 0.25) is 0 Å². The van der Waals surface area contributed by atoms with Gasteiger partial charge >= 0.3 is 0 Å². The van der Waals surface area contributed by atoms with Crippen molar-refractivity contribution in [2.45, 2.75) is 39.2 Å². The van der Waals surface area contributed by atoms with Gasteiger partial charge in [-0.2, -0.15) is 17.4 Å². The van der Waals surface area contributed by atoms with E-state index >= 15 is 0 Å². The first kappa shape index (κ1) is 18.8. The second-order valence-corrected chi connectivity index (χ2v) is 7.99. The van der Waals surface area contributed by atoms with Crippen LogP contribution in [0, 0.1) is 5.92 Å². The molecule has 0 aromatic carbocycles. The lowest BCUT2D eigenvalue weighted by Crippen LogP contribution is -2.50. The summed E-state index contributed by atoms with van der Waals surface area (Å²) in [6.45, 7) is 7.99. The number of rotatable bonds is 9. The second-order valence-electron chi connectivity index (χ2n) is 6.29. The van der Waals surface area contributed by atoms with Gasteiger partial charge in [0.1, 0.15) is 0 Å². The van der Waals surface area contributed by atoms with Crippen LogP contribution in [0.3, 0.4) is 0 Å². The van der Waals surface area contributed by atoms with Crippen LogP contribution in [0.2, 0.25) is 0 Å². The fourth-order valence-corrected chi connectivity index (χ4v) is 4.15. The fraction of sp³-hybridized carbons (Fsp3) is 1.00. The highest BCUT2D eigenvalue weighted by molar-refractivity contribution is 7.87. The van der Waals surface area contributed by atoms with Crippen molar-refractivity contribution in [3.05, 3.63) is 0 Å². The van der Waals surface area contributed by atoms with Crippen LogP contribution in [0.4, 0.5) is 0 Å². The highest BCUT2D eigenvalue weighted by atomic mass is 32.2. The molecule has 0 aromatic rings. The van der Waals surface area contributed by atoms with Gasteiger partial charge in [0.05, 0.1) is 0 Å². The maximum absolute atomic E-state index is 12.4. The van der Waals surface area contributed by atoms with E-state index in [2.05, 4.69) is 21.9 Å². The predicted octanol–water partition coefficient (Wildman–Crippen LogP) is 0.483. The van der Waals surface area contributed by atoms with E-state index in [0.29, 0.717) is 19.0 Å². The van der Waals surface area contributed by atoms with E-state index in [4.69, 9.17) is 0 Å². The summed E-state index contributed by atoms with van der Waals surface area (Å²) in [5.74, 6) is 0.423. The van der Waals surface area contributed by atoms with Crippen LogP contribution in [0.1, 0.15) is 33.1 Å². The minimum atomic E-state index is -3.35. The number of hydrogen-bond donors (Lipinski definition) is 2. The Hall–Kier alpha value is -0.210. The Morgan fingerprint density at radius 3 is 2.71 bits per heavy atom. The van der Waals surface area contributed by atoms with Crippen LogP contribution in [0.15, 0.2) is 0 Å². The Labute approximate surface area is 130 Å². The SMILES string of the molecule is CCNCC1CCCN(S(=O)(=O)NC(C)CCN(C)C)C1. The van der Waals surface area contributed by atoms with Crippen molar-refractivity contribution < 1.29 is 8.42 Å². The van der Waals surface area contributed by atoms with Crippen LogP contribution in [-0.4, -0.2) is 70.5 Å². The largest absolute Gasteiger partial charge is 0.317 e. The van der Waals surface area contributed by atoms with Crippen molar-refractivity contribution in [2.75, 3.05) is 46.8 Å². The van der Waals surface area contributed by atoms with E-state index in [1.165, 1.54) is 0 Å². The van der Waals surface area contributed by atoms with Gasteiger partial charge in [-0.25, -0.2) is 0 Å². The molecule has 2 atom stereocenters. The van der Waals surface area contributed by atoms with Gasteiger partial charge < -0.3 is 10.2 Å². The van der Waals surface area contributed by atoms with E-state index in [1.54, 1.807) is 4.31 Å². The molecule has 0 aliphatic carbocycles. The van der Waals surface area contributed by atoms with Gasteiger partial charge in [-0.05, 0) is 65.8 Å². The molecule has 1 aliphatic rings. The molecule has 2 N–H and O–H groups in total. The summed E-state index contributed by atoms with van der Waals surface area (Å²) in [4.78, 5) is 2.07. The zero-order valence-electron chi connectivity index (χ0n) is 13.9. The minimum absolute atomic E-state index is 0.0356. The van der Waals surface area contributed by atoms with Gasteiger partial charge in [-0.15, -0.1) is 0 Å². The Bertz CT molecular complexity index is 386. The zero-order valence-corrected chi connectivity index (χ0v) is 14.7. The molecule has 6 nitrogen and oxygen atoms in total. The van der Waals surface area contributed by atoms with Crippen molar-refractivity contribution in [1.82, 2.24) is 19.2 Å². The molecule has 1 aliphatic heterocycles. The minimum Gasteiger partial charge on any atom is -0.317 e. The van der Waals surface area contributed by atoms with E-state index in [0.717, 1.165) is 38.9 Å². The average Bonchev–Trinajstić information content (AvgIpc) is 2.43. The number of piperidine rings is 1. The highest BCUT2D eigenvalue weighted by Crippen LogP contribution is 2.18. The zero-order chi connectivity index (χ0) is 15.9. The summed E-state index contributed by atoms with van der Waals surface area (Å²) in [7, 11) is 0.643. The molecule has 0 amide bonds. The van der Waals surface area contributed by atoms with Gasteiger partial charge in [0.25, 0.3) is 10.2 Å². The van der Waals surface area contributed by atoms with Crippen molar-refractivity contribution in [2.24, 2.45) is 5.92 Å². The quantitative estimate of drug-likeness (QED) is 0.649. The lowest BCUT2D eigenvalue weighted by Gasteiger charge is -2.33. The molecule has 126 valence electrons. The molecule has 7 heteroatoms. The van der Waals surface area contributed by atoms with Crippen molar-refractivity contribution >= 4 is 10.2 Å². The Balaban J connectivity index is 2.48. The lowest BCUT2D eigenvalue weighted by molar-refractivity contribution is 0.257. The summed E-state index contributed by atoms with van der Waals surface area (Å²) < 4.78 is 29.3. The molecule has 0 radical (unpaired) electrons. The molecule has 1 fully saturated rings. The van der Waals surface area contributed by atoms with Crippen LogP contribution in [0.25, 0.3) is 0 Å². The van der Waals surface area contributed by atoms with E-state index in [9.17, 15) is 8.42 Å². The normalized spacial score (nSPS) is 22.6. The smallest absolute Gasteiger partial charge is 0.279 e. The number of hydrogen-bond acceptors (Lipinski definition) is 4. The summed E-state index contributed by atoms with van der Waals surface area (Å²) in [6, 6.07) is -0.0356. The second kappa shape index (κ2) is 9.05. The summed E-state index contributed by atoms with van der Waals surface area (Å²) in [5.41, 5.74) is 0. The van der Waals surface area contributed by atoms with E-state index in [1.807, 2.05) is 21.0 Å². The predicted molar refractivity (Wildman–Crippen MR) is 87.5 cm³/mol. The molecule has 21 heavy (non-hydrogen) atoms. The molecule has 0 spiro atoms. The van der Waals surface area contributed by atoms with Crippen LogP contribution < -0.4 is 10.0 Å². The Morgan fingerprint density at radius 1 is 1.38 bits per heavy atom. The topological polar surface area (TPSA) is 64.7 Å². The van der Waals surface area contributed by atoms with Crippen molar-refractivity contribution in [3.63, 3.8) is 0 Å². The maximum atomic E-state index is 12.4. The summed E-state index contributed by atoms with van der Waals surface area (Å²) in [6.07, 6.45) is 2.87. The molecular weight excluding hydrogens is 288 g/mol. The van der Waals surface area contributed by atoms with Crippen LogP contribution >= 0.6 is 0 Å². The molecular formula is C14H32N4O2S. The van der Waals surface area contributed by atoms with Crippen LogP contribution in [-0.2, 0) is 10.2 Å². The molecule has 1 rings (SSSR count). The first-order valence-electron chi connectivity index (χ1n) is 7.98. The highest BCUT2D eigenvalue weighted by Gasteiger charge is 2.29. The van der Waals surface area contributed by atoms with Crippen molar-refractivity contribution in [1.29, 1.82) is 0 Å². The molecule has 0 saturated carbocycles. The third-order valence-corrected chi connectivity index (χ3v) is 5.58. The third kappa shape index (κ3) is 7.06. The summed E-state index contributed by atoms with van der Waals surface area (Å²) >= 11 is 0. The first-order valence-corrected chi connectivity index (χ1v) is 9.42. The van der Waals surface area contributed by atoms with Gasteiger partial charge in [-0.3, -0.25) is 0 Å². The molecule has 2 unspecified atom stereocenters. The first-order chi connectivity index (χ1) is 9.85. The lowest BCUT2D eigenvalue weighted by atomic mass is 10.00. The van der Waals surface area contributed by atoms with Gasteiger partial charge in [-0.1, -0.05) is 6.92 Å². The Kier molecular flexibility index (Phi) is 8.12. The number of nitrogens with zero attached hydrogens (tertiary/aromatic N) is 2. The number of nitrogens with one attached hydrogen (secondary N) is 2. The van der Waals surface area contributed by atoms with Crippen molar-refractivity contribution in [3.8, 4) is 0 Å². The molecule has 0 bridgehead atoms. The third-order valence-electron chi connectivity index (χ3n) is 3.86. The average molecular weight is 321 g/mol. The summed E-state index contributed by atoms with van der Waals surface area (Å²) in [5, 5.41) is 3.32. The molecule has 1 heterocycles. The molecule has 0 aromatic heterocycles. The van der Waals surface area contributed by atoms with E-state index < -0.39 is 10.2 Å². The molecule has 1 saturated heterocycles. The van der Waals surface area contributed by atoms with Gasteiger partial charge in [0, 0.05) is 19.1 Å². The Morgan fingerprint density at radius 2 is 2.10 bits per heavy atom. The monoisotopic (exact) mass is 320 g/mol.